The molecular weight excluding hydrogens is 356 g/mol. The van der Waals surface area contributed by atoms with Gasteiger partial charge in [-0.15, -0.1) is 0 Å². The second kappa shape index (κ2) is 8.21. The Morgan fingerprint density at radius 3 is 2.88 bits per heavy atom. The van der Waals surface area contributed by atoms with E-state index in [4.69, 9.17) is 21.1 Å². The Kier molecular flexibility index (Phi) is 5.75. The number of anilines is 1. The van der Waals surface area contributed by atoms with Gasteiger partial charge in [-0.3, -0.25) is 9.59 Å². The van der Waals surface area contributed by atoms with E-state index in [0.29, 0.717) is 22.9 Å². The molecule has 1 heterocycles. The molecule has 0 radical (unpaired) electrons. The van der Waals surface area contributed by atoms with Gasteiger partial charge in [0.2, 0.25) is 0 Å². The molecule has 1 aliphatic rings. The molecule has 1 fully saturated rings. The number of amides is 2. The minimum Gasteiger partial charge on any atom is -0.497 e. The molecule has 0 spiro atoms. The highest BCUT2D eigenvalue weighted by atomic mass is 35.5. The van der Waals surface area contributed by atoms with Gasteiger partial charge in [-0.25, -0.2) is 0 Å². The monoisotopic (exact) mass is 374 g/mol. The van der Waals surface area contributed by atoms with Crippen LogP contribution < -0.4 is 15.0 Å². The maximum atomic E-state index is 12.3. The van der Waals surface area contributed by atoms with E-state index >= 15 is 0 Å². The molecule has 136 valence electrons. The predicted molar refractivity (Wildman–Crippen MR) is 98.9 cm³/mol. The van der Waals surface area contributed by atoms with Crippen molar-refractivity contribution in [1.29, 1.82) is 0 Å². The van der Waals surface area contributed by atoms with Crippen LogP contribution in [0.3, 0.4) is 0 Å². The van der Waals surface area contributed by atoms with Crippen LogP contribution in [-0.2, 0) is 9.53 Å². The maximum Gasteiger partial charge on any atom is 0.253 e. The third kappa shape index (κ3) is 4.15. The average molecular weight is 375 g/mol. The Morgan fingerprint density at radius 2 is 2.12 bits per heavy atom. The number of halogens is 1. The fraction of sp³-hybridized carbons (Fsp3) is 0.263. The van der Waals surface area contributed by atoms with E-state index in [1.807, 2.05) is 18.2 Å². The number of nitrogens with zero attached hydrogens (tertiary/aromatic N) is 1. The summed E-state index contributed by atoms with van der Waals surface area (Å²) in [5.41, 5.74) is 1.14. The summed E-state index contributed by atoms with van der Waals surface area (Å²) in [6.45, 7) is 0.580. The van der Waals surface area contributed by atoms with Gasteiger partial charge in [-0.1, -0.05) is 29.8 Å². The summed E-state index contributed by atoms with van der Waals surface area (Å²) in [5, 5.41) is 3.20. The van der Waals surface area contributed by atoms with Crippen LogP contribution in [0.25, 0.3) is 0 Å². The van der Waals surface area contributed by atoms with Gasteiger partial charge < -0.3 is 19.7 Å². The number of rotatable bonds is 5. The Balaban J connectivity index is 1.64. The highest BCUT2D eigenvalue weighted by molar-refractivity contribution is 6.33. The van der Waals surface area contributed by atoms with Crippen LogP contribution in [0, 0.1) is 0 Å². The largest absolute Gasteiger partial charge is 0.497 e. The van der Waals surface area contributed by atoms with E-state index in [-0.39, 0.29) is 31.1 Å². The van der Waals surface area contributed by atoms with E-state index in [9.17, 15) is 9.59 Å². The Hall–Kier alpha value is -2.57. The predicted octanol–water partition coefficient (Wildman–Crippen LogP) is 2.51. The first-order valence-corrected chi connectivity index (χ1v) is 8.55. The fourth-order valence-electron chi connectivity index (χ4n) is 2.72. The van der Waals surface area contributed by atoms with Gasteiger partial charge in [0.05, 0.1) is 30.3 Å². The lowest BCUT2D eigenvalue weighted by molar-refractivity contribution is -0.129. The first kappa shape index (κ1) is 18.2. The standard InChI is InChI=1S/C19H19ClN2O4/c1-25-14-6-4-5-13(9-14)22-11-15(26-12-18(22)23)10-21-19(24)16-7-2-3-8-17(16)20/h2-9,15H,10-12H2,1H3,(H,21,24). The van der Waals surface area contributed by atoms with Crippen molar-refractivity contribution >= 4 is 29.1 Å². The number of hydrogen-bond acceptors (Lipinski definition) is 4. The average Bonchev–Trinajstić information content (AvgIpc) is 2.67. The summed E-state index contributed by atoms with van der Waals surface area (Å²) in [6.07, 6.45) is -0.315. The van der Waals surface area contributed by atoms with E-state index in [1.54, 1.807) is 42.3 Å². The van der Waals surface area contributed by atoms with Crippen molar-refractivity contribution in [2.45, 2.75) is 6.10 Å². The molecule has 26 heavy (non-hydrogen) atoms. The van der Waals surface area contributed by atoms with Gasteiger partial charge in [-0.2, -0.15) is 0 Å². The number of carbonyl (C=O) groups excluding carboxylic acids is 2. The topological polar surface area (TPSA) is 67.9 Å². The number of methoxy groups -OCH3 is 1. The summed E-state index contributed by atoms with van der Waals surface area (Å²) in [5.74, 6) is 0.265. The van der Waals surface area contributed by atoms with Gasteiger partial charge in [0, 0.05) is 18.3 Å². The van der Waals surface area contributed by atoms with Crippen LogP contribution in [0.2, 0.25) is 5.02 Å². The fourth-order valence-corrected chi connectivity index (χ4v) is 2.95. The highest BCUT2D eigenvalue weighted by Crippen LogP contribution is 2.23. The highest BCUT2D eigenvalue weighted by Gasteiger charge is 2.28. The van der Waals surface area contributed by atoms with E-state index < -0.39 is 0 Å². The number of nitrogens with one attached hydrogen (secondary N) is 1. The molecule has 1 atom stereocenters. The van der Waals surface area contributed by atoms with Crippen molar-refractivity contribution in [3.8, 4) is 5.75 Å². The number of hydrogen-bond donors (Lipinski definition) is 1. The van der Waals surface area contributed by atoms with Gasteiger partial charge in [0.1, 0.15) is 12.4 Å². The van der Waals surface area contributed by atoms with Crippen molar-refractivity contribution < 1.29 is 19.1 Å². The van der Waals surface area contributed by atoms with Crippen LogP contribution >= 0.6 is 11.6 Å². The molecule has 1 N–H and O–H groups in total. The van der Waals surface area contributed by atoms with Crippen molar-refractivity contribution in [1.82, 2.24) is 5.32 Å². The van der Waals surface area contributed by atoms with Gasteiger partial charge in [-0.05, 0) is 24.3 Å². The summed E-state index contributed by atoms with van der Waals surface area (Å²) < 4.78 is 10.8. The second-order valence-corrected chi connectivity index (χ2v) is 6.24. The minimum absolute atomic E-state index is 0.0379. The lowest BCUT2D eigenvalue weighted by Crippen LogP contribution is -2.50. The molecule has 2 aromatic carbocycles. The number of morpholine rings is 1. The summed E-state index contributed by atoms with van der Waals surface area (Å²) in [7, 11) is 1.58. The SMILES string of the molecule is COc1cccc(N2CC(CNC(=O)c3ccccc3Cl)OCC2=O)c1. The molecule has 2 amide bonds. The normalized spacial score (nSPS) is 17.1. The molecule has 3 rings (SSSR count). The molecule has 0 saturated carbocycles. The molecule has 1 saturated heterocycles. The van der Waals surface area contributed by atoms with Crippen molar-refractivity contribution in [3.63, 3.8) is 0 Å². The Bertz CT molecular complexity index is 812. The van der Waals surface area contributed by atoms with Crippen LogP contribution in [0.5, 0.6) is 5.75 Å². The summed E-state index contributed by atoms with van der Waals surface area (Å²) >= 11 is 6.03. The molecule has 0 bridgehead atoms. The van der Waals surface area contributed by atoms with Crippen LogP contribution in [0.1, 0.15) is 10.4 Å². The molecule has 1 aliphatic heterocycles. The van der Waals surface area contributed by atoms with Gasteiger partial charge >= 0.3 is 0 Å². The van der Waals surface area contributed by atoms with E-state index in [1.165, 1.54) is 0 Å². The Morgan fingerprint density at radius 1 is 1.31 bits per heavy atom. The van der Waals surface area contributed by atoms with E-state index in [0.717, 1.165) is 5.69 Å². The van der Waals surface area contributed by atoms with Gasteiger partial charge in [0.15, 0.2) is 0 Å². The molecule has 1 unspecified atom stereocenters. The van der Waals surface area contributed by atoms with Gasteiger partial charge in [0.25, 0.3) is 11.8 Å². The van der Waals surface area contributed by atoms with E-state index in [2.05, 4.69) is 5.32 Å². The molecular formula is C19H19ClN2O4. The van der Waals surface area contributed by atoms with Crippen LogP contribution in [0.4, 0.5) is 5.69 Å². The number of carbonyl (C=O) groups is 2. The minimum atomic E-state index is -0.315. The zero-order chi connectivity index (χ0) is 18.5. The first-order valence-electron chi connectivity index (χ1n) is 8.17. The van der Waals surface area contributed by atoms with Crippen molar-refractivity contribution in [3.05, 3.63) is 59.1 Å². The lowest BCUT2D eigenvalue weighted by Gasteiger charge is -2.33. The number of benzene rings is 2. The smallest absolute Gasteiger partial charge is 0.253 e. The number of ether oxygens (including phenoxy) is 2. The molecule has 2 aromatic rings. The van der Waals surface area contributed by atoms with Crippen LogP contribution in [-0.4, -0.2) is 44.7 Å². The molecule has 0 aliphatic carbocycles. The quantitative estimate of drug-likeness (QED) is 0.873. The van der Waals surface area contributed by atoms with Crippen LogP contribution in [0.15, 0.2) is 48.5 Å². The first-order chi connectivity index (χ1) is 12.6. The maximum absolute atomic E-state index is 12.3. The molecule has 0 aromatic heterocycles. The zero-order valence-electron chi connectivity index (χ0n) is 14.3. The Labute approximate surface area is 156 Å². The lowest BCUT2D eigenvalue weighted by atomic mass is 10.2. The third-order valence-corrected chi connectivity index (χ3v) is 4.43. The summed E-state index contributed by atoms with van der Waals surface area (Å²) in [4.78, 5) is 26.1. The summed E-state index contributed by atoms with van der Waals surface area (Å²) in [6, 6.07) is 14.1. The third-order valence-electron chi connectivity index (χ3n) is 4.10. The van der Waals surface area contributed by atoms with Crippen molar-refractivity contribution in [2.24, 2.45) is 0 Å². The molecule has 6 nitrogen and oxygen atoms in total. The molecule has 7 heteroatoms. The zero-order valence-corrected chi connectivity index (χ0v) is 15.0. The second-order valence-electron chi connectivity index (χ2n) is 5.83. The van der Waals surface area contributed by atoms with Crippen molar-refractivity contribution in [2.75, 3.05) is 31.7 Å².